The van der Waals surface area contributed by atoms with Gasteiger partial charge in [-0.1, -0.05) is 30.7 Å². The smallest absolute Gasteiger partial charge is 0.252 e. The van der Waals surface area contributed by atoms with Crippen LogP contribution in [0.25, 0.3) is 0 Å². The van der Waals surface area contributed by atoms with Crippen LogP contribution in [0.3, 0.4) is 0 Å². The van der Waals surface area contributed by atoms with Crippen LogP contribution in [-0.2, 0) is 31.3 Å². The van der Waals surface area contributed by atoms with E-state index in [0.29, 0.717) is 6.42 Å². The number of benzene rings is 2. The predicted octanol–water partition coefficient (Wildman–Crippen LogP) is 1.27. The van der Waals surface area contributed by atoms with Gasteiger partial charge in [0.05, 0.1) is 32.8 Å². The zero-order chi connectivity index (χ0) is 23.0. The number of hydrogen-bond acceptors (Lipinski definition) is 6. The van der Waals surface area contributed by atoms with Gasteiger partial charge < -0.3 is 5.32 Å². The third-order valence-electron chi connectivity index (χ3n) is 4.74. The number of sulfonamides is 2. The number of hydrogen-bond donors (Lipinski definition) is 2. The average molecular weight is 486 g/mol. The summed E-state index contributed by atoms with van der Waals surface area (Å²) >= 11 is 6.17. The SMILES string of the molecule is C[C@@H]1CS(=O)(=O)N(c2ccc(C(=O)NCCc3ccc(S(N)(=O)=O)cc3)c(Cl)c2)C1=O. The molecule has 166 valence electrons. The van der Waals surface area contributed by atoms with Crippen molar-refractivity contribution < 1.29 is 26.4 Å². The number of nitrogens with zero attached hydrogens (tertiary/aromatic N) is 1. The number of halogens is 1. The summed E-state index contributed by atoms with van der Waals surface area (Å²) in [5.74, 6) is -1.93. The van der Waals surface area contributed by atoms with Gasteiger partial charge >= 0.3 is 0 Å². The molecule has 9 nitrogen and oxygen atoms in total. The molecule has 2 amide bonds. The normalized spacial score (nSPS) is 18.2. The van der Waals surface area contributed by atoms with Gasteiger partial charge in [-0.3, -0.25) is 9.59 Å². The van der Waals surface area contributed by atoms with Gasteiger partial charge in [0.15, 0.2) is 0 Å². The van der Waals surface area contributed by atoms with E-state index >= 15 is 0 Å². The van der Waals surface area contributed by atoms with E-state index in [1.807, 2.05) is 0 Å². The molecular weight excluding hydrogens is 466 g/mol. The van der Waals surface area contributed by atoms with Gasteiger partial charge in [-0.2, -0.15) is 0 Å². The van der Waals surface area contributed by atoms with E-state index in [4.69, 9.17) is 16.7 Å². The number of rotatable bonds is 6. The molecule has 1 atom stereocenters. The van der Waals surface area contributed by atoms with Gasteiger partial charge in [0.1, 0.15) is 0 Å². The highest BCUT2D eigenvalue weighted by Crippen LogP contribution is 2.31. The molecule has 0 aromatic heterocycles. The Morgan fingerprint density at radius 2 is 1.87 bits per heavy atom. The Kier molecular flexibility index (Phi) is 6.42. The Labute approximate surface area is 185 Å². The zero-order valence-electron chi connectivity index (χ0n) is 16.4. The van der Waals surface area contributed by atoms with E-state index in [9.17, 15) is 26.4 Å². The molecule has 2 aromatic carbocycles. The maximum absolute atomic E-state index is 12.4. The van der Waals surface area contributed by atoms with Crippen LogP contribution in [-0.4, -0.2) is 40.9 Å². The second-order valence-corrected chi connectivity index (χ2v) is 11.0. The summed E-state index contributed by atoms with van der Waals surface area (Å²) in [6, 6.07) is 9.97. The summed E-state index contributed by atoms with van der Waals surface area (Å²) in [5.41, 5.74) is 1.01. The highest BCUT2D eigenvalue weighted by Gasteiger charge is 2.42. The molecule has 0 unspecified atom stereocenters. The van der Waals surface area contributed by atoms with E-state index in [0.717, 1.165) is 9.87 Å². The lowest BCUT2D eigenvalue weighted by Gasteiger charge is -2.16. The molecule has 0 spiro atoms. The highest BCUT2D eigenvalue weighted by molar-refractivity contribution is 7.94. The molecule has 1 fully saturated rings. The number of amides is 2. The summed E-state index contributed by atoms with van der Waals surface area (Å²) in [4.78, 5) is 24.6. The molecule has 0 bridgehead atoms. The van der Waals surface area contributed by atoms with Crippen molar-refractivity contribution in [2.75, 3.05) is 16.6 Å². The zero-order valence-corrected chi connectivity index (χ0v) is 18.8. The van der Waals surface area contributed by atoms with Gasteiger partial charge in [0, 0.05) is 6.54 Å². The first-order valence-corrected chi connectivity index (χ1v) is 12.7. The molecule has 1 aliphatic heterocycles. The molecule has 3 N–H and O–H groups in total. The van der Waals surface area contributed by atoms with Crippen molar-refractivity contribution in [3.8, 4) is 0 Å². The second kappa shape index (κ2) is 8.58. The van der Waals surface area contributed by atoms with Crippen LogP contribution in [0.5, 0.6) is 0 Å². The Hall–Kier alpha value is -2.47. The lowest BCUT2D eigenvalue weighted by Crippen LogP contribution is -2.30. The van der Waals surface area contributed by atoms with Crippen molar-refractivity contribution in [3.05, 3.63) is 58.6 Å². The lowest BCUT2D eigenvalue weighted by atomic mass is 10.1. The van der Waals surface area contributed by atoms with Crippen LogP contribution in [0.1, 0.15) is 22.8 Å². The number of primary sulfonamides is 1. The van der Waals surface area contributed by atoms with Crippen molar-refractivity contribution in [3.63, 3.8) is 0 Å². The molecule has 0 saturated carbocycles. The molecule has 3 rings (SSSR count). The van der Waals surface area contributed by atoms with Crippen molar-refractivity contribution in [1.82, 2.24) is 5.32 Å². The van der Waals surface area contributed by atoms with Crippen molar-refractivity contribution in [1.29, 1.82) is 0 Å². The maximum atomic E-state index is 12.4. The average Bonchev–Trinajstić information content (AvgIpc) is 2.88. The molecule has 0 radical (unpaired) electrons. The first-order chi connectivity index (χ1) is 14.4. The van der Waals surface area contributed by atoms with Crippen LogP contribution in [0, 0.1) is 5.92 Å². The minimum atomic E-state index is -3.77. The number of nitrogens with two attached hydrogens (primary N) is 1. The lowest BCUT2D eigenvalue weighted by molar-refractivity contribution is -0.119. The Morgan fingerprint density at radius 1 is 1.23 bits per heavy atom. The van der Waals surface area contributed by atoms with E-state index < -0.39 is 37.8 Å². The molecular formula is C19H20ClN3O6S2. The fraction of sp³-hybridized carbons (Fsp3) is 0.263. The van der Waals surface area contributed by atoms with Gasteiger partial charge in [0.25, 0.3) is 5.91 Å². The predicted molar refractivity (Wildman–Crippen MR) is 116 cm³/mol. The highest BCUT2D eigenvalue weighted by atomic mass is 35.5. The van der Waals surface area contributed by atoms with Crippen molar-refractivity contribution >= 4 is 49.1 Å². The fourth-order valence-electron chi connectivity index (χ4n) is 3.16. The first-order valence-electron chi connectivity index (χ1n) is 9.16. The van der Waals surface area contributed by atoms with Gasteiger partial charge in [-0.05, 0) is 42.3 Å². The molecule has 31 heavy (non-hydrogen) atoms. The largest absolute Gasteiger partial charge is 0.352 e. The monoisotopic (exact) mass is 485 g/mol. The molecule has 12 heteroatoms. The Bertz CT molecular complexity index is 1240. The molecule has 2 aromatic rings. The molecule has 1 saturated heterocycles. The van der Waals surface area contributed by atoms with Gasteiger partial charge in [-0.25, -0.2) is 26.3 Å². The van der Waals surface area contributed by atoms with Crippen molar-refractivity contribution in [2.24, 2.45) is 11.1 Å². The molecule has 1 aliphatic rings. The third kappa shape index (κ3) is 5.06. The summed E-state index contributed by atoms with van der Waals surface area (Å²) in [6.45, 7) is 1.79. The summed E-state index contributed by atoms with van der Waals surface area (Å²) < 4.78 is 47.7. The molecule has 1 heterocycles. The summed E-state index contributed by atoms with van der Waals surface area (Å²) in [5, 5.41) is 7.75. The van der Waals surface area contributed by atoms with Crippen LogP contribution < -0.4 is 14.8 Å². The quantitative estimate of drug-likeness (QED) is 0.630. The van der Waals surface area contributed by atoms with Crippen LogP contribution in [0.4, 0.5) is 5.69 Å². The van der Waals surface area contributed by atoms with E-state index in [1.165, 1.54) is 37.3 Å². The van der Waals surface area contributed by atoms with Crippen LogP contribution >= 0.6 is 11.6 Å². The minimum absolute atomic E-state index is 0.0000455. The first kappa shape index (κ1) is 23.2. The Morgan fingerprint density at radius 3 is 2.39 bits per heavy atom. The number of nitrogens with one attached hydrogen (secondary N) is 1. The van der Waals surface area contributed by atoms with Gasteiger partial charge in [0.2, 0.25) is 26.0 Å². The minimum Gasteiger partial charge on any atom is -0.352 e. The van der Waals surface area contributed by atoms with E-state index in [-0.39, 0.29) is 33.5 Å². The number of carbonyl (C=O) groups is 2. The fourth-order valence-corrected chi connectivity index (χ4v) is 5.75. The summed E-state index contributed by atoms with van der Waals surface area (Å²) in [6.07, 6.45) is 0.435. The summed E-state index contributed by atoms with van der Waals surface area (Å²) in [7, 11) is -7.53. The Balaban J connectivity index is 1.66. The second-order valence-electron chi connectivity index (χ2n) is 7.14. The number of anilines is 1. The van der Waals surface area contributed by atoms with E-state index in [2.05, 4.69) is 5.32 Å². The van der Waals surface area contributed by atoms with Crippen LogP contribution in [0.15, 0.2) is 47.4 Å². The maximum Gasteiger partial charge on any atom is 0.252 e. The van der Waals surface area contributed by atoms with Crippen molar-refractivity contribution in [2.45, 2.75) is 18.2 Å². The topological polar surface area (TPSA) is 144 Å². The molecule has 0 aliphatic carbocycles. The van der Waals surface area contributed by atoms with Crippen LogP contribution in [0.2, 0.25) is 5.02 Å². The van der Waals surface area contributed by atoms with E-state index in [1.54, 1.807) is 12.1 Å². The third-order valence-corrected chi connectivity index (χ3v) is 7.85. The van der Waals surface area contributed by atoms with Gasteiger partial charge in [-0.15, -0.1) is 0 Å². The standard InChI is InChI=1S/C19H20ClN3O6S2/c1-12-11-30(26,27)23(19(12)25)14-4-7-16(17(20)10-14)18(24)22-9-8-13-2-5-15(6-3-13)31(21,28)29/h2-7,10,12H,8-9,11H2,1H3,(H,22,24)(H2,21,28,29)/t12-/m1/s1. The number of carbonyl (C=O) groups excluding carboxylic acids is 2.